The van der Waals surface area contributed by atoms with Gasteiger partial charge in [-0.05, 0) is 19.4 Å². The van der Waals surface area contributed by atoms with Crippen LogP contribution in [-0.4, -0.2) is 25.0 Å². The Balaban J connectivity index is 1.94. The van der Waals surface area contributed by atoms with Gasteiger partial charge >= 0.3 is 0 Å². The van der Waals surface area contributed by atoms with Crippen LogP contribution in [0.1, 0.15) is 20.3 Å². The monoisotopic (exact) mass is 483 g/mol. The van der Waals surface area contributed by atoms with Crippen LogP contribution in [0.15, 0.2) is 35.2 Å². The van der Waals surface area contributed by atoms with Gasteiger partial charge in [0, 0.05) is 59.6 Å². The Labute approximate surface area is 165 Å². The van der Waals surface area contributed by atoms with Gasteiger partial charge < -0.3 is 9.73 Å². The molecule has 134 valence electrons. The van der Waals surface area contributed by atoms with Crippen molar-refractivity contribution in [2.24, 2.45) is 0 Å². The zero-order valence-corrected chi connectivity index (χ0v) is 17.0. The number of halogens is 2. The first kappa shape index (κ1) is 17.5. The van der Waals surface area contributed by atoms with Gasteiger partial charge in [0.15, 0.2) is 22.9 Å². The second-order valence-corrected chi connectivity index (χ2v) is 7.66. The van der Waals surface area contributed by atoms with Crippen LogP contribution in [0.25, 0.3) is 33.5 Å². The van der Waals surface area contributed by atoms with E-state index in [9.17, 15) is 4.39 Å². The summed E-state index contributed by atoms with van der Waals surface area (Å²) in [6, 6.07) is 3.50. The Morgan fingerprint density at radius 3 is 3.04 bits per heavy atom. The summed E-state index contributed by atoms with van der Waals surface area (Å²) in [6.45, 7) is 4.17. The van der Waals surface area contributed by atoms with E-state index in [4.69, 9.17) is 4.42 Å². The number of fused-ring (bicyclic) bond motifs is 2. The van der Waals surface area contributed by atoms with E-state index in [1.54, 1.807) is 12.3 Å². The normalized spacial score (nSPS) is 12.8. The fourth-order valence-electron chi connectivity index (χ4n) is 2.70. The highest BCUT2D eigenvalue weighted by atomic mass is 127. The molecular weight excluding hydrogens is 468 g/mol. The SMILES string of the molecule is CCC(C)Nc1nc(-c2cn(SI)c3ncc(F)cc23)nc2ccoc12. The van der Waals surface area contributed by atoms with Gasteiger partial charge in [-0.1, -0.05) is 6.92 Å². The minimum atomic E-state index is -0.391. The van der Waals surface area contributed by atoms with Crippen molar-refractivity contribution < 1.29 is 8.81 Å². The number of aromatic nitrogens is 4. The lowest BCUT2D eigenvalue weighted by atomic mass is 10.2. The molecule has 0 fully saturated rings. The minimum Gasteiger partial charge on any atom is -0.459 e. The summed E-state index contributed by atoms with van der Waals surface area (Å²) in [6.07, 6.45) is 5.63. The molecule has 0 aliphatic rings. The van der Waals surface area contributed by atoms with E-state index < -0.39 is 5.82 Å². The van der Waals surface area contributed by atoms with Crippen LogP contribution < -0.4 is 5.32 Å². The van der Waals surface area contributed by atoms with E-state index in [0.717, 1.165) is 12.0 Å². The van der Waals surface area contributed by atoms with Gasteiger partial charge in [0.2, 0.25) is 0 Å². The zero-order valence-electron chi connectivity index (χ0n) is 14.0. The third kappa shape index (κ3) is 3.02. The summed E-state index contributed by atoms with van der Waals surface area (Å²) in [5.41, 5.74) is 2.72. The summed E-state index contributed by atoms with van der Waals surface area (Å²) in [5.74, 6) is 0.750. The predicted molar refractivity (Wildman–Crippen MR) is 111 cm³/mol. The van der Waals surface area contributed by atoms with E-state index >= 15 is 0 Å². The Hall–Kier alpha value is -1.88. The molecule has 4 aromatic heterocycles. The van der Waals surface area contributed by atoms with Crippen molar-refractivity contribution in [3.8, 4) is 11.4 Å². The van der Waals surface area contributed by atoms with E-state index in [1.165, 1.54) is 21.4 Å². The molecule has 0 saturated carbocycles. The molecule has 0 aliphatic heterocycles. The van der Waals surface area contributed by atoms with Crippen LogP contribution >= 0.6 is 30.3 Å². The average Bonchev–Trinajstić information content (AvgIpc) is 3.25. The second-order valence-electron chi connectivity index (χ2n) is 5.95. The van der Waals surface area contributed by atoms with Crippen molar-refractivity contribution in [2.75, 3.05) is 5.32 Å². The molecule has 1 unspecified atom stereocenters. The number of nitrogens with one attached hydrogen (secondary N) is 1. The fraction of sp³-hybridized carbons (Fsp3) is 0.235. The van der Waals surface area contributed by atoms with Crippen LogP contribution in [0.4, 0.5) is 10.2 Å². The van der Waals surface area contributed by atoms with Crippen molar-refractivity contribution in [1.82, 2.24) is 18.9 Å². The molecule has 0 aliphatic carbocycles. The Morgan fingerprint density at radius 1 is 1.42 bits per heavy atom. The molecule has 4 heterocycles. The summed E-state index contributed by atoms with van der Waals surface area (Å²) < 4.78 is 21.2. The maximum Gasteiger partial charge on any atom is 0.194 e. The minimum absolute atomic E-state index is 0.233. The summed E-state index contributed by atoms with van der Waals surface area (Å²) in [7, 11) is 1.46. The Morgan fingerprint density at radius 2 is 2.27 bits per heavy atom. The maximum atomic E-state index is 13.8. The van der Waals surface area contributed by atoms with Gasteiger partial charge in [-0.3, -0.25) is 3.97 Å². The Bertz CT molecular complexity index is 1100. The number of hydrogen-bond acceptors (Lipinski definition) is 6. The molecule has 0 bridgehead atoms. The second kappa shape index (κ2) is 7.03. The molecule has 26 heavy (non-hydrogen) atoms. The first-order valence-corrected chi connectivity index (χ1v) is 11.4. The molecule has 4 aromatic rings. The number of nitrogens with zero attached hydrogens (tertiary/aromatic N) is 4. The van der Waals surface area contributed by atoms with Gasteiger partial charge in [-0.15, -0.1) is 0 Å². The lowest BCUT2D eigenvalue weighted by Crippen LogP contribution is -2.15. The largest absolute Gasteiger partial charge is 0.459 e. The van der Waals surface area contributed by atoms with Crippen LogP contribution in [0.3, 0.4) is 0 Å². The number of hydrogen-bond donors (Lipinski definition) is 1. The molecule has 4 rings (SSSR count). The number of furan rings is 1. The molecule has 1 atom stereocenters. The van der Waals surface area contributed by atoms with Gasteiger partial charge in [-0.25, -0.2) is 19.3 Å². The predicted octanol–water partition coefficient (Wildman–Crippen LogP) is 5.44. The van der Waals surface area contributed by atoms with E-state index in [1.807, 2.05) is 10.2 Å². The third-order valence-corrected chi connectivity index (χ3v) is 5.89. The highest BCUT2D eigenvalue weighted by Gasteiger charge is 2.18. The smallest absolute Gasteiger partial charge is 0.194 e. The number of pyridine rings is 1. The molecule has 0 spiro atoms. The van der Waals surface area contributed by atoms with Crippen molar-refractivity contribution in [3.63, 3.8) is 0 Å². The number of rotatable bonds is 5. The van der Waals surface area contributed by atoms with Crippen molar-refractivity contribution in [2.45, 2.75) is 26.3 Å². The summed E-state index contributed by atoms with van der Waals surface area (Å²) in [5, 5.41) is 4.04. The molecule has 6 nitrogen and oxygen atoms in total. The van der Waals surface area contributed by atoms with Crippen molar-refractivity contribution >= 4 is 58.3 Å². The first-order valence-electron chi connectivity index (χ1n) is 8.08. The van der Waals surface area contributed by atoms with Gasteiger partial charge in [0.05, 0.1) is 12.5 Å². The topological polar surface area (TPSA) is 68.8 Å². The van der Waals surface area contributed by atoms with Crippen LogP contribution in [-0.2, 0) is 0 Å². The molecule has 0 amide bonds. The van der Waals surface area contributed by atoms with Gasteiger partial charge in [-0.2, -0.15) is 0 Å². The fourth-order valence-corrected chi connectivity index (χ4v) is 3.96. The van der Waals surface area contributed by atoms with Gasteiger partial charge in [0.1, 0.15) is 11.3 Å². The summed E-state index contributed by atoms with van der Waals surface area (Å²) in [4.78, 5) is 13.5. The van der Waals surface area contributed by atoms with E-state index in [2.05, 4.69) is 55.3 Å². The lowest BCUT2D eigenvalue weighted by Gasteiger charge is -2.13. The van der Waals surface area contributed by atoms with Crippen molar-refractivity contribution in [1.29, 1.82) is 0 Å². The van der Waals surface area contributed by atoms with Crippen LogP contribution in [0.5, 0.6) is 0 Å². The third-order valence-electron chi connectivity index (χ3n) is 4.19. The molecular formula is C17H15FIN5OS. The molecule has 1 N–H and O–H groups in total. The summed E-state index contributed by atoms with van der Waals surface area (Å²) >= 11 is 2.16. The van der Waals surface area contributed by atoms with Crippen LogP contribution in [0, 0.1) is 5.82 Å². The van der Waals surface area contributed by atoms with Crippen LogP contribution in [0.2, 0.25) is 0 Å². The first-order chi connectivity index (χ1) is 12.6. The highest BCUT2D eigenvalue weighted by molar-refractivity contribution is 14.2. The van der Waals surface area contributed by atoms with Gasteiger partial charge in [0.25, 0.3) is 0 Å². The van der Waals surface area contributed by atoms with E-state index in [0.29, 0.717) is 33.8 Å². The standard InChI is InChI=1S/C17H15FIN5OS/c1-3-9(2)21-16-14-13(4-5-25-14)22-15(23-16)12-8-24(26-19)17-11(12)6-10(18)7-20-17/h4-9H,3H2,1-2H3,(H,21,22,23). The molecule has 9 heteroatoms. The van der Waals surface area contributed by atoms with Crippen molar-refractivity contribution in [3.05, 3.63) is 36.6 Å². The average molecular weight is 483 g/mol. The molecule has 0 radical (unpaired) electrons. The quantitative estimate of drug-likeness (QED) is 0.382. The maximum absolute atomic E-state index is 13.8. The molecule has 0 aromatic carbocycles. The zero-order chi connectivity index (χ0) is 18.3. The Kier molecular flexibility index (Phi) is 4.74. The van der Waals surface area contributed by atoms with E-state index in [-0.39, 0.29) is 6.04 Å². The molecule has 0 saturated heterocycles. The number of anilines is 1. The highest BCUT2D eigenvalue weighted by Crippen LogP contribution is 2.34. The lowest BCUT2D eigenvalue weighted by molar-refractivity contribution is 0.613.